The molecule has 0 aliphatic carbocycles. The Morgan fingerprint density at radius 2 is 2.26 bits per heavy atom. The lowest BCUT2D eigenvalue weighted by molar-refractivity contribution is -0.118. The minimum absolute atomic E-state index is 0.0587. The van der Waals surface area contributed by atoms with Gasteiger partial charge in [-0.3, -0.25) is 4.79 Å². The van der Waals surface area contributed by atoms with Gasteiger partial charge in [0.15, 0.2) is 5.17 Å². The molecule has 1 aliphatic heterocycles. The number of halogens is 1. The van der Waals surface area contributed by atoms with Gasteiger partial charge in [0.25, 0.3) is 0 Å². The van der Waals surface area contributed by atoms with Crippen molar-refractivity contribution < 1.29 is 4.79 Å². The molecule has 0 radical (unpaired) electrons. The summed E-state index contributed by atoms with van der Waals surface area (Å²) in [5, 5.41) is 11.5. The first-order valence-corrected chi connectivity index (χ1v) is 6.90. The average molecular weight is 294 g/mol. The summed E-state index contributed by atoms with van der Waals surface area (Å²) in [6, 6.07) is 7.33. The number of carbonyl (C=O) groups is 1. The van der Waals surface area contributed by atoms with Gasteiger partial charge in [0.1, 0.15) is 0 Å². The summed E-state index contributed by atoms with van der Waals surface area (Å²) in [6.07, 6.45) is 3.89. The number of benzene rings is 1. The first kappa shape index (κ1) is 13.8. The Kier molecular flexibility index (Phi) is 4.76. The van der Waals surface area contributed by atoms with E-state index in [-0.39, 0.29) is 11.2 Å². The summed E-state index contributed by atoms with van der Waals surface area (Å²) < 4.78 is 0. The number of rotatable bonds is 4. The van der Waals surface area contributed by atoms with Gasteiger partial charge >= 0.3 is 0 Å². The zero-order valence-electron chi connectivity index (χ0n) is 10.0. The first-order chi connectivity index (χ1) is 9.20. The summed E-state index contributed by atoms with van der Waals surface area (Å²) in [6.45, 7) is 3.62. The van der Waals surface area contributed by atoms with E-state index in [9.17, 15) is 4.79 Å². The van der Waals surface area contributed by atoms with Crippen LogP contribution in [0.15, 0.2) is 47.1 Å². The molecule has 1 aromatic rings. The zero-order chi connectivity index (χ0) is 13.7. The Hall–Kier alpha value is -1.59. The molecule has 0 unspecified atom stereocenters. The second-order valence-electron chi connectivity index (χ2n) is 3.79. The van der Waals surface area contributed by atoms with Gasteiger partial charge < -0.3 is 5.32 Å². The SMILES string of the molecule is C=CC[C@H]1S/C(=N/N=Cc2ccccc2Cl)NC1=O. The monoisotopic (exact) mass is 293 g/mol. The lowest BCUT2D eigenvalue weighted by Crippen LogP contribution is -2.24. The number of thioether (sulfide) groups is 1. The van der Waals surface area contributed by atoms with Crippen molar-refractivity contribution in [3.63, 3.8) is 0 Å². The molecular formula is C13H12ClN3OS. The molecular weight excluding hydrogens is 282 g/mol. The van der Waals surface area contributed by atoms with Crippen molar-refractivity contribution in [3.8, 4) is 0 Å². The van der Waals surface area contributed by atoms with E-state index in [1.54, 1.807) is 18.4 Å². The van der Waals surface area contributed by atoms with Gasteiger partial charge in [-0.2, -0.15) is 5.10 Å². The Bertz CT molecular complexity index is 557. The third kappa shape index (κ3) is 3.68. The predicted molar refractivity (Wildman–Crippen MR) is 80.8 cm³/mol. The van der Waals surface area contributed by atoms with Crippen molar-refractivity contribution in [2.45, 2.75) is 11.7 Å². The molecule has 0 bridgehead atoms. The van der Waals surface area contributed by atoms with Crippen LogP contribution in [0.5, 0.6) is 0 Å². The normalized spacial score (nSPS) is 21.0. The quantitative estimate of drug-likeness (QED) is 0.527. The van der Waals surface area contributed by atoms with E-state index in [1.165, 1.54) is 11.8 Å². The van der Waals surface area contributed by atoms with Gasteiger partial charge in [-0.1, -0.05) is 47.6 Å². The molecule has 98 valence electrons. The number of nitrogens with zero attached hydrogens (tertiary/aromatic N) is 2. The van der Waals surface area contributed by atoms with Crippen LogP contribution in [0, 0.1) is 0 Å². The van der Waals surface area contributed by atoms with Crippen LogP contribution in [-0.4, -0.2) is 22.5 Å². The van der Waals surface area contributed by atoms with Crippen LogP contribution >= 0.6 is 23.4 Å². The number of allylic oxidation sites excluding steroid dienone is 1. The highest BCUT2D eigenvalue weighted by atomic mass is 35.5. The Morgan fingerprint density at radius 3 is 3.00 bits per heavy atom. The molecule has 6 heteroatoms. The lowest BCUT2D eigenvalue weighted by Gasteiger charge is -1.97. The largest absolute Gasteiger partial charge is 0.303 e. The molecule has 4 nitrogen and oxygen atoms in total. The molecule has 1 amide bonds. The average Bonchev–Trinajstić information content (AvgIpc) is 2.73. The molecule has 1 saturated heterocycles. The number of amides is 1. The molecule has 0 aromatic heterocycles. The summed E-state index contributed by atoms with van der Waals surface area (Å²) >= 11 is 7.34. The molecule has 1 heterocycles. The predicted octanol–water partition coefficient (Wildman–Crippen LogP) is 2.84. The van der Waals surface area contributed by atoms with E-state index in [0.29, 0.717) is 16.6 Å². The second kappa shape index (κ2) is 6.54. The van der Waals surface area contributed by atoms with Crippen molar-refractivity contribution in [2.24, 2.45) is 10.2 Å². The molecule has 19 heavy (non-hydrogen) atoms. The number of hydrogen-bond donors (Lipinski definition) is 1. The van der Waals surface area contributed by atoms with E-state index < -0.39 is 0 Å². The van der Waals surface area contributed by atoms with Crippen LogP contribution in [0.3, 0.4) is 0 Å². The van der Waals surface area contributed by atoms with Gasteiger partial charge in [-0.05, 0) is 12.5 Å². The molecule has 1 aromatic carbocycles. The molecule has 0 spiro atoms. The fourth-order valence-corrected chi connectivity index (χ4v) is 2.59. The zero-order valence-corrected chi connectivity index (χ0v) is 11.6. The minimum Gasteiger partial charge on any atom is -0.303 e. The van der Waals surface area contributed by atoms with E-state index in [0.717, 1.165) is 5.56 Å². The summed E-state index contributed by atoms with van der Waals surface area (Å²) in [5.41, 5.74) is 0.783. The maximum atomic E-state index is 11.5. The van der Waals surface area contributed by atoms with Crippen LogP contribution in [0.1, 0.15) is 12.0 Å². The summed E-state index contributed by atoms with van der Waals surface area (Å²) in [7, 11) is 0. The second-order valence-corrected chi connectivity index (χ2v) is 5.39. The molecule has 2 rings (SSSR count). The lowest BCUT2D eigenvalue weighted by atomic mass is 10.2. The van der Waals surface area contributed by atoms with Crippen molar-refractivity contribution in [3.05, 3.63) is 47.5 Å². The molecule has 1 atom stereocenters. The molecule has 0 saturated carbocycles. The van der Waals surface area contributed by atoms with Crippen molar-refractivity contribution in [2.75, 3.05) is 0 Å². The maximum Gasteiger partial charge on any atom is 0.239 e. The summed E-state index contributed by atoms with van der Waals surface area (Å²) in [4.78, 5) is 11.5. The Morgan fingerprint density at radius 1 is 1.47 bits per heavy atom. The Labute approximate surface area is 120 Å². The third-order valence-corrected chi connectivity index (χ3v) is 3.85. The molecule has 1 aliphatic rings. The topological polar surface area (TPSA) is 53.8 Å². The highest BCUT2D eigenvalue weighted by molar-refractivity contribution is 8.15. The minimum atomic E-state index is -0.160. The number of carbonyl (C=O) groups excluding carboxylic acids is 1. The van der Waals surface area contributed by atoms with E-state index in [1.807, 2.05) is 18.2 Å². The van der Waals surface area contributed by atoms with Crippen LogP contribution in [0.25, 0.3) is 0 Å². The highest BCUT2D eigenvalue weighted by Gasteiger charge is 2.28. The molecule has 1 fully saturated rings. The van der Waals surface area contributed by atoms with Gasteiger partial charge in [-0.15, -0.1) is 11.7 Å². The number of nitrogens with one attached hydrogen (secondary N) is 1. The number of hydrogen-bond acceptors (Lipinski definition) is 4. The van der Waals surface area contributed by atoms with Crippen molar-refractivity contribution in [1.82, 2.24) is 5.32 Å². The Balaban J connectivity index is 2.02. The van der Waals surface area contributed by atoms with Gasteiger partial charge in [0, 0.05) is 10.6 Å². The fraction of sp³-hybridized carbons (Fsp3) is 0.154. The van der Waals surface area contributed by atoms with Crippen LogP contribution < -0.4 is 5.32 Å². The van der Waals surface area contributed by atoms with Crippen LogP contribution in [0.4, 0.5) is 0 Å². The standard InChI is InChI=1S/C13H12ClN3OS/c1-2-5-11-12(18)16-13(19-11)17-15-8-9-6-3-4-7-10(9)14/h2-4,6-8,11H,1,5H2,(H,16,17,18)/t11-/m1/s1. The fourth-order valence-electron chi connectivity index (χ4n) is 1.48. The smallest absolute Gasteiger partial charge is 0.239 e. The van der Waals surface area contributed by atoms with Crippen molar-refractivity contribution in [1.29, 1.82) is 0 Å². The van der Waals surface area contributed by atoms with E-state index in [4.69, 9.17) is 11.6 Å². The third-order valence-electron chi connectivity index (χ3n) is 2.41. The van der Waals surface area contributed by atoms with Crippen LogP contribution in [-0.2, 0) is 4.79 Å². The van der Waals surface area contributed by atoms with Crippen molar-refractivity contribution >= 4 is 40.7 Å². The van der Waals surface area contributed by atoms with E-state index in [2.05, 4.69) is 22.1 Å². The first-order valence-electron chi connectivity index (χ1n) is 5.64. The van der Waals surface area contributed by atoms with E-state index >= 15 is 0 Å². The summed E-state index contributed by atoms with van der Waals surface area (Å²) in [5.74, 6) is -0.0587. The van der Waals surface area contributed by atoms with Gasteiger partial charge in [-0.25, -0.2) is 0 Å². The van der Waals surface area contributed by atoms with Gasteiger partial charge in [0.05, 0.1) is 11.5 Å². The number of amidine groups is 1. The van der Waals surface area contributed by atoms with Gasteiger partial charge in [0.2, 0.25) is 5.91 Å². The maximum absolute atomic E-state index is 11.5. The van der Waals surface area contributed by atoms with Crippen LogP contribution in [0.2, 0.25) is 5.02 Å². The highest BCUT2D eigenvalue weighted by Crippen LogP contribution is 2.22. The molecule has 1 N–H and O–H groups in total.